The van der Waals surface area contributed by atoms with Crippen LogP contribution in [0.4, 0.5) is 0 Å². The number of nitrogens with one attached hydrogen (secondary N) is 1. The molecule has 1 aromatic carbocycles. The number of aromatic nitrogens is 1. The van der Waals surface area contributed by atoms with Crippen LogP contribution in [0.3, 0.4) is 0 Å². The van der Waals surface area contributed by atoms with Gasteiger partial charge in [0.15, 0.2) is 0 Å². The Hall–Kier alpha value is -1.95. The minimum absolute atomic E-state index is 0.192. The molecule has 2 saturated heterocycles. The first-order chi connectivity index (χ1) is 13.6. The number of amides is 1. The van der Waals surface area contributed by atoms with E-state index >= 15 is 0 Å². The van der Waals surface area contributed by atoms with Crippen LogP contribution in [-0.2, 0) is 22.6 Å². The number of hydrogen-bond donors (Lipinski definition) is 1. The second-order valence-electron chi connectivity index (χ2n) is 7.81. The molecule has 2 fully saturated rings. The molecule has 1 N–H and O–H groups in total. The number of ether oxygens (including phenoxy) is 1. The van der Waals surface area contributed by atoms with E-state index in [0.717, 1.165) is 61.7 Å². The van der Waals surface area contributed by atoms with Crippen molar-refractivity contribution in [1.82, 2.24) is 15.2 Å². The molecule has 28 heavy (non-hydrogen) atoms. The Morgan fingerprint density at radius 2 is 1.93 bits per heavy atom. The fourth-order valence-corrected chi connectivity index (χ4v) is 4.15. The van der Waals surface area contributed by atoms with E-state index in [9.17, 15) is 4.79 Å². The lowest BCUT2D eigenvalue weighted by Crippen LogP contribution is -2.64. The zero-order valence-electron chi connectivity index (χ0n) is 15.9. The number of pyridine rings is 1. The third kappa shape index (κ3) is 4.37. The van der Waals surface area contributed by atoms with Crippen molar-refractivity contribution < 1.29 is 9.53 Å². The summed E-state index contributed by atoms with van der Waals surface area (Å²) in [4.78, 5) is 19.6. The molecular formula is C22H26ClN3O2. The maximum absolute atomic E-state index is 13.3. The van der Waals surface area contributed by atoms with Gasteiger partial charge in [-0.15, -0.1) is 0 Å². The second-order valence-corrected chi connectivity index (χ2v) is 8.25. The van der Waals surface area contributed by atoms with Gasteiger partial charge < -0.3 is 15.0 Å². The number of piperidine rings is 1. The summed E-state index contributed by atoms with van der Waals surface area (Å²) >= 11 is 5.99. The van der Waals surface area contributed by atoms with E-state index in [1.54, 1.807) is 6.20 Å². The van der Waals surface area contributed by atoms with Gasteiger partial charge in [0.05, 0.1) is 23.8 Å². The number of rotatable bonds is 6. The molecule has 0 spiro atoms. The maximum atomic E-state index is 13.3. The van der Waals surface area contributed by atoms with Crippen LogP contribution in [0, 0.1) is 5.41 Å². The Balaban J connectivity index is 1.30. The Morgan fingerprint density at radius 1 is 1.18 bits per heavy atom. The zero-order chi connectivity index (χ0) is 19.4. The first kappa shape index (κ1) is 19.4. The van der Waals surface area contributed by atoms with Gasteiger partial charge in [-0.3, -0.25) is 9.78 Å². The van der Waals surface area contributed by atoms with E-state index < -0.39 is 0 Å². The highest BCUT2D eigenvalue weighted by molar-refractivity contribution is 6.30. The number of carbonyl (C=O) groups excluding carboxylic acids is 1. The van der Waals surface area contributed by atoms with Crippen LogP contribution in [0.5, 0.6) is 0 Å². The molecule has 6 heteroatoms. The molecule has 0 unspecified atom stereocenters. The Morgan fingerprint density at radius 3 is 2.54 bits per heavy atom. The molecular weight excluding hydrogens is 374 g/mol. The maximum Gasteiger partial charge on any atom is 0.231 e. The number of halogens is 1. The molecule has 2 aromatic rings. The third-order valence-corrected chi connectivity index (χ3v) is 6.01. The van der Waals surface area contributed by atoms with Crippen molar-refractivity contribution in [2.45, 2.75) is 32.0 Å². The molecule has 1 amide bonds. The normalized spacial score (nSPS) is 19.2. The van der Waals surface area contributed by atoms with Gasteiger partial charge in [-0.1, -0.05) is 29.8 Å². The van der Waals surface area contributed by atoms with Crippen LogP contribution in [0.1, 0.15) is 24.1 Å². The fraction of sp³-hybridized carbons (Fsp3) is 0.455. The van der Waals surface area contributed by atoms with Crippen molar-refractivity contribution >= 4 is 17.5 Å². The van der Waals surface area contributed by atoms with E-state index in [0.29, 0.717) is 6.61 Å². The number of likely N-dealkylation sites (tertiary alicyclic amines) is 1. The van der Waals surface area contributed by atoms with Crippen molar-refractivity contribution in [2.75, 3.05) is 26.2 Å². The van der Waals surface area contributed by atoms with Gasteiger partial charge in [-0.05, 0) is 49.1 Å². The van der Waals surface area contributed by atoms with Gasteiger partial charge >= 0.3 is 0 Å². The average molecular weight is 400 g/mol. The molecule has 0 saturated carbocycles. The van der Waals surface area contributed by atoms with Crippen molar-refractivity contribution in [1.29, 1.82) is 0 Å². The van der Waals surface area contributed by atoms with Gasteiger partial charge in [0.25, 0.3) is 0 Å². The van der Waals surface area contributed by atoms with Crippen molar-refractivity contribution in [2.24, 2.45) is 5.41 Å². The quantitative estimate of drug-likeness (QED) is 0.811. The first-order valence-corrected chi connectivity index (χ1v) is 10.3. The van der Waals surface area contributed by atoms with Crippen LogP contribution in [0.25, 0.3) is 0 Å². The summed E-state index contributed by atoms with van der Waals surface area (Å²) in [5.74, 6) is 0.268. The van der Waals surface area contributed by atoms with Crippen LogP contribution in [0.15, 0.2) is 48.7 Å². The summed E-state index contributed by atoms with van der Waals surface area (Å²) in [7, 11) is 0. The van der Waals surface area contributed by atoms with Gasteiger partial charge in [0.1, 0.15) is 0 Å². The fourth-order valence-electron chi connectivity index (χ4n) is 4.02. The topological polar surface area (TPSA) is 54.5 Å². The van der Waals surface area contributed by atoms with E-state index in [1.807, 2.05) is 47.4 Å². The predicted octanol–water partition coefficient (Wildman–Crippen LogP) is 3.07. The van der Waals surface area contributed by atoms with Gasteiger partial charge in [-0.25, -0.2) is 0 Å². The Kier molecular flexibility index (Phi) is 5.95. The molecule has 0 radical (unpaired) electrons. The molecule has 0 atom stereocenters. The molecule has 1 aromatic heterocycles. The summed E-state index contributed by atoms with van der Waals surface area (Å²) in [5.41, 5.74) is 1.78. The molecule has 2 aliphatic rings. The van der Waals surface area contributed by atoms with E-state index in [4.69, 9.17) is 16.3 Å². The average Bonchev–Trinajstić information content (AvgIpc) is 2.71. The highest BCUT2D eigenvalue weighted by Gasteiger charge is 2.46. The lowest BCUT2D eigenvalue weighted by atomic mass is 9.74. The minimum atomic E-state index is -0.324. The van der Waals surface area contributed by atoms with Crippen molar-refractivity contribution in [3.8, 4) is 0 Å². The summed E-state index contributed by atoms with van der Waals surface area (Å²) in [6.45, 7) is 3.53. The molecule has 0 bridgehead atoms. The van der Waals surface area contributed by atoms with E-state index in [-0.39, 0.29) is 17.4 Å². The van der Waals surface area contributed by atoms with Crippen LogP contribution >= 0.6 is 11.6 Å². The monoisotopic (exact) mass is 399 g/mol. The SMILES string of the molecule is O=C(N1CCC(OCc2ccccn2)CC1)C1(Cc2ccc(Cl)cc2)CNC1. The molecule has 4 rings (SSSR count). The van der Waals surface area contributed by atoms with Gasteiger partial charge in [0.2, 0.25) is 5.91 Å². The standard InChI is InChI=1S/C22H26ClN3O2/c23-18-6-4-17(5-7-18)13-22(15-24-16-22)21(27)26-11-8-20(9-12-26)28-14-19-3-1-2-10-25-19/h1-7,10,20,24H,8-9,11-16H2. The van der Waals surface area contributed by atoms with Gasteiger partial charge in [-0.2, -0.15) is 0 Å². The smallest absolute Gasteiger partial charge is 0.231 e. The van der Waals surface area contributed by atoms with Crippen LogP contribution in [0.2, 0.25) is 5.02 Å². The number of nitrogens with zero attached hydrogens (tertiary/aromatic N) is 2. The summed E-state index contributed by atoms with van der Waals surface area (Å²) in [6, 6.07) is 13.7. The second kappa shape index (κ2) is 8.60. The molecule has 5 nitrogen and oxygen atoms in total. The van der Waals surface area contributed by atoms with Crippen molar-refractivity contribution in [3.05, 3.63) is 64.9 Å². The lowest BCUT2D eigenvalue weighted by molar-refractivity contribution is -0.148. The Bertz CT molecular complexity index is 785. The zero-order valence-corrected chi connectivity index (χ0v) is 16.7. The highest BCUT2D eigenvalue weighted by Crippen LogP contribution is 2.32. The number of benzene rings is 1. The first-order valence-electron chi connectivity index (χ1n) is 9.91. The largest absolute Gasteiger partial charge is 0.372 e. The molecule has 3 heterocycles. The molecule has 2 aliphatic heterocycles. The Labute approximate surface area is 171 Å². The van der Waals surface area contributed by atoms with Gasteiger partial charge in [0, 0.05) is 37.4 Å². The number of carbonyl (C=O) groups is 1. The number of hydrogen-bond acceptors (Lipinski definition) is 4. The summed E-state index contributed by atoms with van der Waals surface area (Å²) < 4.78 is 6.00. The lowest BCUT2D eigenvalue weighted by Gasteiger charge is -2.45. The highest BCUT2D eigenvalue weighted by atomic mass is 35.5. The van der Waals surface area contributed by atoms with E-state index in [2.05, 4.69) is 10.3 Å². The summed E-state index contributed by atoms with van der Waals surface area (Å²) in [6.07, 6.45) is 4.49. The van der Waals surface area contributed by atoms with Crippen LogP contribution < -0.4 is 5.32 Å². The minimum Gasteiger partial charge on any atom is -0.372 e. The molecule has 148 valence electrons. The van der Waals surface area contributed by atoms with Crippen LogP contribution in [-0.4, -0.2) is 48.1 Å². The van der Waals surface area contributed by atoms with Crippen molar-refractivity contribution in [3.63, 3.8) is 0 Å². The molecule has 0 aliphatic carbocycles. The van der Waals surface area contributed by atoms with E-state index in [1.165, 1.54) is 0 Å². The predicted molar refractivity (Wildman–Crippen MR) is 109 cm³/mol. The summed E-state index contributed by atoms with van der Waals surface area (Å²) in [5, 5.41) is 4.02. The third-order valence-electron chi connectivity index (χ3n) is 5.76.